The van der Waals surface area contributed by atoms with Gasteiger partial charge in [-0.05, 0) is 18.8 Å². The van der Waals surface area contributed by atoms with Crippen molar-refractivity contribution in [3.05, 3.63) is 0 Å². The minimum Gasteiger partial charge on any atom is -0.469 e. The van der Waals surface area contributed by atoms with Gasteiger partial charge in [-0.15, -0.1) is 0 Å². The Morgan fingerprint density at radius 3 is 2.57 bits per heavy atom. The van der Waals surface area contributed by atoms with Crippen LogP contribution in [-0.4, -0.2) is 43.7 Å². The number of fused-ring (bicyclic) bond motifs is 1. The van der Waals surface area contributed by atoms with Gasteiger partial charge >= 0.3 is 5.97 Å². The van der Waals surface area contributed by atoms with Gasteiger partial charge in [0.05, 0.1) is 13.0 Å². The van der Waals surface area contributed by atoms with Gasteiger partial charge in [0.15, 0.2) is 0 Å². The van der Waals surface area contributed by atoms with Gasteiger partial charge < -0.3 is 15.4 Å². The van der Waals surface area contributed by atoms with Crippen LogP contribution < -0.4 is 5.73 Å². The number of likely N-dealkylation sites (tertiary alicyclic amines) is 1. The van der Waals surface area contributed by atoms with Crippen molar-refractivity contribution in [1.82, 2.24) is 4.90 Å². The molecule has 0 spiro atoms. The normalized spacial score (nSPS) is 37.8. The molecule has 1 saturated heterocycles. The monoisotopic (exact) mass is 198 g/mol. The van der Waals surface area contributed by atoms with E-state index in [2.05, 4.69) is 4.90 Å². The maximum atomic E-state index is 11.3. The van der Waals surface area contributed by atoms with Crippen LogP contribution >= 0.6 is 0 Å². The number of carbonyl (C=O) groups is 1. The number of carbonyl (C=O) groups excluding carboxylic acids is 1. The fourth-order valence-corrected chi connectivity index (χ4v) is 2.66. The second-order valence-electron chi connectivity index (χ2n) is 4.57. The Hall–Kier alpha value is -0.610. The van der Waals surface area contributed by atoms with Crippen molar-refractivity contribution in [2.45, 2.75) is 13.0 Å². The zero-order valence-electron chi connectivity index (χ0n) is 8.77. The summed E-state index contributed by atoms with van der Waals surface area (Å²) in [5, 5.41) is 0. The van der Waals surface area contributed by atoms with Gasteiger partial charge in [-0.3, -0.25) is 4.79 Å². The number of hydrogen-bond acceptors (Lipinski definition) is 4. The Morgan fingerprint density at radius 2 is 2.14 bits per heavy atom. The summed E-state index contributed by atoms with van der Waals surface area (Å²) in [6.45, 7) is 5.00. The molecule has 2 aliphatic rings. The van der Waals surface area contributed by atoms with Crippen LogP contribution in [-0.2, 0) is 9.53 Å². The van der Waals surface area contributed by atoms with Crippen LogP contribution in [0.2, 0.25) is 0 Å². The molecular formula is C10H18N2O2. The Labute approximate surface area is 84.4 Å². The first kappa shape index (κ1) is 9.93. The first-order valence-electron chi connectivity index (χ1n) is 5.19. The fourth-order valence-electron chi connectivity index (χ4n) is 2.66. The van der Waals surface area contributed by atoms with E-state index in [1.807, 2.05) is 6.92 Å². The molecule has 0 aromatic rings. The third-order valence-electron chi connectivity index (χ3n) is 3.29. The van der Waals surface area contributed by atoms with E-state index in [9.17, 15) is 4.79 Å². The molecule has 1 saturated carbocycles. The number of nitrogens with zero attached hydrogens (tertiary/aromatic N) is 1. The number of nitrogens with two attached hydrogens (primary N) is 1. The van der Waals surface area contributed by atoms with Crippen LogP contribution in [0.3, 0.4) is 0 Å². The lowest BCUT2D eigenvalue weighted by Crippen LogP contribution is -2.36. The molecule has 0 aromatic carbocycles. The largest absolute Gasteiger partial charge is 0.469 e. The van der Waals surface area contributed by atoms with Gasteiger partial charge in [-0.2, -0.15) is 0 Å². The summed E-state index contributed by atoms with van der Waals surface area (Å²) in [6, 6.07) is 0.226. The van der Waals surface area contributed by atoms with Crippen molar-refractivity contribution in [2.24, 2.45) is 23.5 Å². The summed E-state index contributed by atoms with van der Waals surface area (Å²) in [6.07, 6.45) is 0. The number of ether oxygens (including phenoxy) is 1. The smallest absolute Gasteiger partial charge is 0.309 e. The molecule has 0 radical (unpaired) electrons. The fraction of sp³-hybridized carbons (Fsp3) is 0.900. The van der Waals surface area contributed by atoms with Crippen LogP contribution in [0.5, 0.6) is 0 Å². The zero-order valence-corrected chi connectivity index (χ0v) is 8.77. The van der Waals surface area contributed by atoms with Crippen LogP contribution in [0.1, 0.15) is 6.92 Å². The van der Waals surface area contributed by atoms with Crippen molar-refractivity contribution in [1.29, 1.82) is 0 Å². The molecule has 2 rings (SSSR count). The van der Waals surface area contributed by atoms with Crippen LogP contribution in [0.15, 0.2) is 0 Å². The maximum absolute atomic E-state index is 11.3. The predicted molar refractivity (Wildman–Crippen MR) is 52.6 cm³/mol. The van der Waals surface area contributed by atoms with E-state index >= 15 is 0 Å². The highest BCUT2D eigenvalue weighted by Crippen LogP contribution is 2.52. The van der Waals surface area contributed by atoms with Gasteiger partial charge in [0, 0.05) is 25.7 Å². The number of methoxy groups -OCH3 is 1. The van der Waals surface area contributed by atoms with Gasteiger partial charge in [0.2, 0.25) is 0 Å². The molecule has 4 nitrogen and oxygen atoms in total. The third kappa shape index (κ3) is 1.64. The minimum absolute atomic E-state index is 0.0274. The molecule has 0 aromatic heterocycles. The predicted octanol–water partition coefficient (Wildman–Crippen LogP) is -0.316. The lowest BCUT2D eigenvalue weighted by Gasteiger charge is -2.20. The molecule has 0 bridgehead atoms. The molecule has 14 heavy (non-hydrogen) atoms. The Balaban J connectivity index is 1.79. The molecule has 3 unspecified atom stereocenters. The first-order valence-corrected chi connectivity index (χ1v) is 5.19. The topological polar surface area (TPSA) is 55.6 Å². The minimum atomic E-state index is -0.0274. The second-order valence-corrected chi connectivity index (χ2v) is 4.57. The number of rotatable bonds is 3. The third-order valence-corrected chi connectivity index (χ3v) is 3.29. The van der Waals surface area contributed by atoms with Crippen LogP contribution in [0, 0.1) is 17.8 Å². The van der Waals surface area contributed by atoms with Gasteiger partial charge in [0.1, 0.15) is 0 Å². The molecule has 1 heterocycles. The molecular weight excluding hydrogens is 180 g/mol. The highest BCUT2D eigenvalue weighted by Gasteiger charge is 2.59. The van der Waals surface area contributed by atoms with Gasteiger partial charge in [-0.25, -0.2) is 0 Å². The average molecular weight is 198 g/mol. The Kier molecular flexibility index (Phi) is 2.49. The summed E-state index contributed by atoms with van der Waals surface area (Å²) in [5.41, 5.74) is 5.72. The van der Waals surface area contributed by atoms with Gasteiger partial charge in [0.25, 0.3) is 0 Å². The second kappa shape index (κ2) is 3.51. The Morgan fingerprint density at radius 1 is 1.57 bits per heavy atom. The van der Waals surface area contributed by atoms with Crippen LogP contribution in [0.25, 0.3) is 0 Å². The first-order chi connectivity index (χ1) is 6.63. The molecule has 2 fully saturated rings. The molecule has 3 atom stereocenters. The van der Waals surface area contributed by atoms with E-state index < -0.39 is 0 Å². The summed E-state index contributed by atoms with van der Waals surface area (Å²) in [7, 11) is 1.47. The molecule has 2 N–H and O–H groups in total. The molecule has 0 amide bonds. The summed E-state index contributed by atoms with van der Waals surface area (Å²) < 4.78 is 4.74. The molecule has 1 aliphatic heterocycles. The SMILES string of the molecule is COC(=O)C1C2CN(CC(C)N)CC21. The van der Waals surface area contributed by atoms with Crippen LogP contribution in [0.4, 0.5) is 0 Å². The average Bonchev–Trinajstić information content (AvgIpc) is 2.61. The summed E-state index contributed by atoms with van der Waals surface area (Å²) in [4.78, 5) is 13.6. The van der Waals surface area contributed by atoms with E-state index in [0.29, 0.717) is 11.8 Å². The number of esters is 1. The number of hydrogen-bond donors (Lipinski definition) is 1. The van der Waals surface area contributed by atoms with Crippen molar-refractivity contribution < 1.29 is 9.53 Å². The summed E-state index contributed by atoms with van der Waals surface area (Å²) >= 11 is 0. The summed E-state index contributed by atoms with van der Waals surface area (Å²) in [5.74, 6) is 1.24. The van der Waals surface area contributed by atoms with Gasteiger partial charge in [-0.1, -0.05) is 0 Å². The van der Waals surface area contributed by atoms with Crippen molar-refractivity contribution in [3.8, 4) is 0 Å². The quantitative estimate of drug-likeness (QED) is 0.632. The van der Waals surface area contributed by atoms with Crippen molar-refractivity contribution >= 4 is 5.97 Å². The van der Waals surface area contributed by atoms with Crippen molar-refractivity contribution in [3.63, 3.8) is 0 Å². The van der Waals surface area contributed by atoms with E-state index in [4.69, 9.17) is 10.5 Å². The number of piperidine rings is 1. The molecule has 4 heteroatoms. The van der Waals surface area contributed by atoms with E-state index in [-0.39, 0.29) is 17.9 Å². The molecule has 1 aliphatic carbocycles. The van der Waals surface area contributed by atoms with E-state index in [1.165, 1.54) is 7.11 Å². The zero-order chi connectivity index (χ0) is 10.3. The van der Waals surface area contributed by atoms with E-state index in [1.54, 1.807) is 0 Å². The lowest BCUT2D eigenvalue weighted by molar-refractivity contribution is -0.143. The highest BCUT2D eigenvalue weighted by molar-refractivity contribution is 5.76. The lowest BCUT2D eigenvalue weighted by atomic mass is 10.2. The van der Waals surface area contributed by atoms with Crippen molar-refractivity contribution in [2.75, 3.05) is 26.7 Å². The molecule has 80 valence electrons. The standard InChI is InChI=1S/C10H18N2O2/c1-6(11)3-12-4-7-8(5-12)9(7)10(13)14-2/h6-9H,3-5,11H2,1-2H3. The highest BCUT2D eigenvalue weighted by atomic mass is 16.5. The Bertz CT molecular complexity index is 230. The maximum Gasteiger partial charge on any atom is 0.309 e. The van der Waals surface area contributed by atoms with E-state index in [0.717, 1.165) is 19.6 Å².